The van der Waals surface area contributed by atoms with Gasteiger partial charge in [0.05, 0.1) is 23.2 Å². The number of H-pyrrole nitrogens is 2. The van der Waals surface area contributed by atoms with Gasteiger partial charge in [-0.3, -0.25) is 4.79 Å². The summed E-state index contributed by atoms with van der Waals surface area (Å²) in [5.41, 5.74) is 4.33. The lowest BCUT2D eigenvalue weighted by atomic mass is 10.0. The van der Waals surface area contributed by atoms with Crippen molar-refractivity contribution < 1.29 is 9.50 Å². The molecule has 7 nitrogen and oxygen atoms in total. The number of imidazole rings is 1. The minimum atomic E-state index is -0.489. The molecule has 8 heteroatoms. The van der Waals surface area contributed by atoms with Gasteiger partial charge in [0.15, 0.2) is 0 Å². The molecule has 0 radical (unpaired) electrons. The zero-order valence-electron chi connectivity index (χ0n) is 16.8. The van der Waals surface area contributed by atoms with Gasteiger partial charge in [-0.2, -0.15) is 0 Å². The lowest BCUT2D eigenvalue weighted by Crippen LogP contribution is -2.43. The number of benzene rings is 2. The number of hydrogen-bond donors (Lipinski definition) is 4. The standard InChI is InChI=1S/C23H22FN5O2/c24-19-10-14(1-2-15(19)13-30)16-9-18(23(31)26-12-16)22-27-20-4-3-17(11-21(20)28-22)29-7-5-25-6-8-29/h1-4,9-12,25,30H,5-8,13H2,(H,26,31)(H,27,28). The zero-order valence-corrected chi connectivity index (χ0v) is 16.8. The van der Waals surface area contributed by atoms with Gasteiger partial charge in [-0.15, -0.1) is 0 Å². The van der Waals surface area contributed by atoms with Crippen LogP contribution in [0.1, 0.15) is 5.56 Å². The van der Waals surface area contributed by atoms with Crippen LogP contribution in [0.3, 0.4) is 0 Å². The molecular formula is C23H22FN5O2. The van der Waals surface area contributed by atoms with E-state index in [1.165, 1.54) is 12.1 Å². The summed E-state index contributed by atoms with van der Waals surface area (Å²) in [4.78, 5) is 25.4. The molecule has 31 heavy (non-hydrogen) atoms. The molecule has 1 aliphatic rings. The third-order valence-electron chi connectivity index (χ3n) is 5.66. The van der Waals surface area contributed by atoms with Gasteiger partial charge in [0.2, 0.25) is 0 Å². The van der Waals surface area contributed by atoms with E-state index < -0.39 is 5.82 Å². The number of anilines is 1. The lowest BCUT2D eigenvalue weighted by molar-refractivity contribution is 0.276. The molecule has 0 amide bonds. The highest BCUT2D eigenvalue weighted by Gasteiger charge is 2.15. The molecule has 4 N–H and O–H groups in total. The van der Waals surface area contributed by atoms with Crippen molar-refractivity contribution in [3.63, 3.8) is 0 Å². The molecule has 158 valence electrons. The molecule has 0 bridgehead atoms. The van der Waals surface area contributed by atoms with E-state index in [4.69, 9.17) is 0 Å². The number of nitrogens with zero attached hydrogens (tertiary/aromatic N) is 2. The SMILES string of the molecule is O=c1[nH]cc(-c2ccc(CO)c(F)c2)cc1-c1nc2ccc(N3CCNCC3)cc2[nH]1. The number of aliphatic hydroxyl groups excluding tert-OH is 1. The second kappa shape index (κ2) is 7.98. The summed E-state index contributed by atoms with van der Waals surface area (Å²) in [5.74, 6) is -0.0278. The van der Waals surface area contributed by atoms with Gasteiger partial charge in [0, 0.05) is 43.6 Å². The Morgan fingerprint density at radius 1 is 1.06 bits per heavy atom. The Bertz CT molecular complexity index is 1310. The Morgan fingerprint density at radius 3 is 2.68 bits per heavy atom. The summed E-state index contributed by atoms with van der Waals surface area (Å²) >= 11 is 0. The zero-order chi connectivity index (χ0) is 21.4. The number of aromatic amines is 2. The fourth-order valence-electron chi connectivity index (χ4n) is 3.93. The summed E-state index contributed by atoms with van der Waals surface area (Å²) in [6.07, 6.45) is 1.55. The van der Waals surface area contributed by atoms with Crippen LogP contribution in [0, 0.1) is 5.82 Å². The van der Waals surface area contributed by atoms with Crippen LogP contribution in [-0.2, 0) is 6.61 Å². The molecule has 2 aromatic heterocycles. The van der Waals surface area contributed by atoms with Crippen molar-refractivity contribution in [1.82, 2.24) is 20.3 Å². The van der Waals surface area contributed by atoms with Gasteiger partial charge in [0.25, 0.3) is 5.56 Å². The van der Waals surface area contributed by atoms with Crippen molar-refractivity contribution in [1.29, 1.82) is 0 Å². The fraction of sp³-hybridized carbons (Fsp3) is 0.217. The van der Waals surface area contributed by atoms with Crippen molar-refractivity contribution in [3.05, 3.63) is 70.4 Å². The van der Waals surface area contributed by atoms with Crippen LogP contribution in [0.5, 0.6) is 0 Å². The molecule has 1 aliphatic heterocycles. The molecule has 1 fully saturated rings. The first-order valence-electron chi connectivity index (χ1n) is 10.2. The molecule has 0 unspecified atom stereocenters. The Morgan fingerprint density at radius 2 is 1.90 bits per heavy atom. The van der Waals surface area contributed by atoms with Crippen LogP contribution in [0.4, 0.5) is 10.1 Å². The fourth-order valence-corrected chi connectivity index (χ4v) is 3.93. The molecule has 0 atom stereocenters. The number of piperazine rings is 1. The Hall–Kier alpha value is -3.49. The van der Waals surface area contributed by atoms with Crippen molar-refractivity contribution in [2.24, 2.45) is 0 Å². The van der Waals surface area contributed by atoms with Gasteiger partial charge >= 0.3 is 0 Å². The summed E-state index contributed by atoms with van der Waals surface area (Å²) in [6.45, 7) is 3.43. The average molecular weight is 419 g/mol. The number of aliphatic hydroxyl groups is 1. The second-order valence-corrected chi connectivity index (χ2v) is 7.62. The van der Waals surface area contributed by atoms with Crippen molar-refractivity contribution in [3.8, 4) is 22.5 Å². The topological polar surface area (TPSA) is 97.0 Å². The number of aromatic nitrogens is 3. The van der Waals surface area contributed by atoms with Gasteiger partial charge in [-0.25, -0.2) is 9.37 Å². The molecule has 1 saturated heterocycles. The van der Waals surface area contributed by atoms with Crippen molar-refractivity contribution in [2.75, 3.05) is 31.1 Å². The Balaban J connectivity index is 1.52. The van der Waals surface area contributed by atoms with Crippen LogP contribution in [0.2, 0.25) is 0 Å². The van der Waals surface area contributed by atoms with Gasteiger partial charge in [0.1, 0.15) is 11.6 Å². The number of hydrogen-bond acceptors (Lipinski definition) is 5. The maximum atomic E-state index is 14.1. The summed E-state index contributed by atoms with van der Waals surface area (Å²) in [7, 11) is 0. The molecule has 5 rings (SSSR count). The minimum absolute atomic E-state index is 0.228. The first-order chi connectivity index (χ1) is 15.1. The van der Waals surface area contributed by atoms with E-state index in [-0.39, 0.29) is 17.7 Å². The number of halogens is 1. The minimum Gasteiger partial charge on any atom is -0.392 e. The average Bonchev–Trinajstić information content (AvgIpc) is 3.23. The molecular weight excluding hydrogens is 397 g/mol. The predicted molar refractivity (Wildman–Crippen MR) is 119 cm³/mol. The third kappa shape index (κ3) is 3.71. The third-order valence-corrected chi connectivity index (χ3v) is 5.66. The molecule has 2 aromatic carbocycles. The maximum absolute atomic E-state index is 14.1. The number of fused-ring (bicyclic) bond motifs is 1. The Kier molecular flexibility index (Phi) is 5.01. The smallest absolute Gasteiger partial charge is 0.259 e. The first-order valence-corrected chi connectivity index (χ1v) is 10.2. The number of rotatable bonds is 4. The van der Waals surface area contributed by atoms with Crippen molar-refractivity contribution >= 4 is 16.7 Å². The molecule has 0 spiro atoms. The molecule has 0 aliphatic carbocycles. The quantitative estimate of drug-likeness (QED) is 0.408. The van der Waals surface area contributed by atoms with E-state index >= 15 is 0 Å². The Labute approximate surface area is 177 Å². The first kappa shape index (κ1) is 19.5. The van der Waals surface area contributed by atoms with Crippen LogP contribution in [-0.4, -0.2) is 46.2 Å². The number of nitrogens with one attached hydrogen (secondary N) is 3. The van der Waals surface area contributed by atoms with E-state index in [9.17, 15) is 14.3 Å². The molecule has 3 heterocycles. The predicted octanol–water partition coefficient (Wildman–Crippen LogP) is 2.63. The molecule has 4 aromatic rings. The highest BCUT2D eigenvalue weighted by Crippen LogP contribution is 2.27. The van der Waals surface area contributed by atoms with Crippen LogP contribution >= 0.6 is 0 Å². The van der Waals surface area contributed by atoms with E-state index in [1.807, 2.05) is 12.1 Å². The van der Waals surface area contributed by atoms with Crippen LogP contribution in [0.25, 0.3) is 33.5 Å². The lowest BCUT2D eigenvalue weighted by Gasteiger charge is -2.29. The van der Waals surface area contributed by atoms with E-state index in [1.54, 1.807) is 18.3 Å². The normalized spacial score (nSPS) is 14.3. The molecule has 0 saturated carbocycles. The summed E-state index contributed by atoms with van der Waals surface area (Å²) in [6, 6.07) is 12.3. The summed E-state index contributed by atoms with van der Waals surface area (Å²) < 4.78 is 14.1. The summed E-state index contributed by atoms with van der Waals surface area (Å²) in [5, 5.41) is 12.5. The van der Waals surface area contributed by atoms with Crippen LogP contribution in [0.15, 0.2) is 53.5 Å². The van der Waals surface area contributed by atoms with Crippen molar-refractivity contribution in [2.45, 2.75) is 6.61 Å². The monoisotopic (exact) mass is 419 g/mol. The van der Waals surface area contributed by atoms with E-state index in [0.29, 0.717) is 22.5 Å². The van der Waals surface area contributed by atoms with E-state index in [0.717, 1.165) is 42.9 Å². The highest BCUT2D eigenvalue weighted by atomic mass is 19.1. The van der Waals surface area contributed by atoms with Gasteiger partial charge in [-0.1, -0.05) is 12.1 Å². The largest absolute Gasteiger partial charge is 0.392 e. The maximum Gasteiger partial charge on any atom is 0.259 e. The van der Waals surface area contributed by atoms with E-state index in [2.05, 4.69) is 31.2 Å². The second-order valence-electron chi connectivity index (χ2n) is 7.62. The van der Waals surface area contributed by atoms with Gasteiger partial charge in [-0.05, 0) is 41.5 Å². The van der Waals surface area contributed by atoms with Crippen LogP contribution < -0.4 is 15.8 Å². The number of pyridine rings is 1. The highest BCUT2D eigenvalue weighted by molar-refractivity contribution is 5.83. The van der Waals surface area contributed by atoms with Gasteiger partial charge < -0.3 is 25.3 Å².